The van der Waals surface area contributed by atoms with Crippen LogP contribution < -0.4 is 21.3 Å². The van der Waals surface area contributed by atoms with Gasteiger partial charge in [-0.3, -0.25) is 14.3 Å². The Morgan fingerprint density at radius 3 is 2.49 bits per heavy atom. The van der Waals surface area contributed by atoms with Crippen molar-refractivity contribution in [3.05, 3.63) is 77.1 Å². The third kappa shape index (κ3) is 6.01. The van der Waals surface area contributed by atoms with Gasteiger partial charge < -0.3 is 20.7 Å². The number of nitrogen functional groups attached to an aromatic ring is 1. The lowest BCUT2D eigenvalue weighted by Crippen LogP contribution is -2.37. The number of ether oxygens (including phenoxy) is 1. The normalized spacial score (nSPS) is 17.6. The van der Waals surface area contributed by atoms with E-state index >= 15 is 0 Å². The molecule has 0 spiro atoms. The average Bonchev–Trinajstić information content (AvgIpc) is 3.34. The van der Waals surface area contributed by atoms with Crippen LogP contribution in [-0.4, -0.2) is 57.5 Å². The number of carbonyl (C=O) groups is 1. The smallest absolute Gasteiger partial charge is 0.290 e. The minimum atomic E-state index is -0.330. The van der Waals surface area contributed by atoms with E-state index in [4.69, 9.17) is 15.6 Å². The molecule has 4 N–H and O–H groups in total. The van der Waals surface area contributed by atoms with Crippen LogP contribution in [0.1, 0.15) is 31.7 Å². The van der Waals surface area contributed by atoms with Gasteiger partial charge in [0.05, 0.1) is 11.4 Å². The molecule has 4 aromatic rings. The van der Waals surface area contributed by atoms with E-state index in [-0.39, 0.29) is 29.4 Å². The second-order valence-corrected chi connectivity index (χ2v) is 10.1. The fourth-order valence-corrected chi connectivity index (χ4v) is 4.97. The van der Waals surface area contributed by atoms with Crippen molar-refractivity contribution in [2.24, 2.45) is 0 Å². The Balaban J connectivity index is 1.36. The Bertz CT molecular complexity index is 1520. The minimum Gasteiger partial charge on any atom is -0.457 e. The van der Waals surface area contributed by atoms with Gasteiger partial charge in [0, 0.05) is 24.2 Å². The number of rotatable bonds is 8. The molecule has 1 saturated carbocycles. The van der Waals surface area contributed by atoms with Crippen LogP contribution in [0.3, 0.4) is 0 Å². The van der Waals surface area contributed by atoms with Gasteiger partial charge in [-0.15, -0.1) is 0 Å². The van der Waals surface area contributed by atoms with E-state index in [0.717, 1.165) is 37.0 Å². The number of carbonyl (C=O) groups excluding carboxylic acids is 1. The molecule has 1 aliphatic carbocycles. The van der Waals surface area contributed by atoms with Gasteiger partial charge in [0.2, 0.25) is 5.91 Å². The van der Waals surface area contributed by atoms with Crippen molar-refractivity contribution in [2.75, 3.05) is 26.4 Å². The average molecular weight is 528 g/mol. The van der Waals surface area contributed by atoms with E-state index in [9.17, 15) is 9.59 Å². The SMILES string of the molecule is CN(C)C/C=C/C(=O)NC1CCC(n2nc(-c3ccc(Oc4ccccc4)cc3)c3c(N)n[nH]c(=O)c32)CC1. The molecule has 2 aromatic heterocycles. The number of nitrogens with one attached hydrogen (secondary N) is 2. The maximum Gasteiger partial charge on any atom is 0.290 e. The van der Waals surface area contributed by atoms with Crippen molar-refractivity contribution in [1.82, 2.24) is 30.2 Å². The van der Waals surface area contributed by atoms with Crippen molar-refractivity contribution in [3.8, 4) is 22.8 Å². The predicted molar refractivity (Wildman–Crippen MR) is 152 cm³/mol. The molecule has 2 aromatic carbocycles. The molecule has 2 heterocycles. The molecule has 1 amide bonds. The Kier molecular flexibility index (Phi) is 7.74. The maximum absolute atomic E-state index is 12.9. The number of likely N-dealkylation sites (N-methyl/N-ethyl adjacent to an activating group) is 1. The summed E-state index contributed by atoms with van der Waals surface area (Å²) in [6, 6.07) is 17.2. The van der Waals surface area contributed by atoms with E-state index in [1.54, 1.807) is 10.8 Å². The topological polar surface area (TPSA) is 131 Å². The van der Waals surface area contributed by atoms with Gasteiger partial charge in [-0.25, -0.2) is 5.10 Å². The Hall–Kier alpha value is -4.44. The first kappa shape index (κ1) is 26.2. The summed E-state index contributed by atoms with van der Waals surface area (Å²) in [5, 5.41) is 15.0. The summed E-state index contributed by atoms with van der Waals surface area (Å²) >= 11 is 0. The quantitative estimate of drug-likeness (QED) is 0.296. The number of fused-ring (bicyclic) bond motifs is 1. The van der Waals surface area contributed by atoms with Crippen LogP contribution in [0.25, 0.3) is 22.2 Å². The Labute approximate surface area is 226 Å². The van der Waals surface area contributed by atoms with Crippen LogP contribution in [-0.2, 0) is 4.79 Å². The summed E-state index contributed by atoms with van der Waals surface area (Å²) in [6.45, 7) is 0.712. The summed E-state index contributed by atoms with van der Waals surface area (Å²) in [6.07, 6.45) is 6.56. The number of H-pyrrole nitrogens is 1. The summed E-state index contributed by atoms with van der Waals surface area (Å²) in [4.78, 5) is 27.2. The highest BCUT2D eigenvalue weighted by molar-refractivity contribution is 5.99. The van der Waals surface area contributed by atoms with Gasteiger partial charge in [0.25, 0.3) is 5.56 Å². The Morgan fingerprint density at radius 1 is 1.10 bits per heavy atom. The number of hydrogen-bond donors (Lipinski definition) is 3. The van der Waals surface area contributed by atoms with Gasteiger partial charge >= 0.3 is 0 Å². The molecule has 0 radical (unpaired) electrons. The summed E-state index contributed by atoms with van der Waals surface area (Å²) < 4.78 is 7.71. The molecular formula is C29H33N7O3. The van der Waals surface area contributed by atoms with Crippen LogP contribution in [0.2, 0.25) is 0 Å². The number of aromatic nitrogens is 4. The van der Waals surface area contributed by atoms with E-state index < -0.39 is 0 Å². The number of anilines is 1. The molecule has 0 aliphatic heterocycles. The van der Waals surface area contributed by atoms with Crippen LogP contribution >= 0.6 is 0 Å². The maximum atomic E-state index is 12.9. The first-order chi connectivity index (χ1) is 18.9. The summed E-state index contributed by atoms with van der Waals surface area (Å²) in [7, 11) is 3.91. The molecule has 1 fully saturated rings. The van der Waals surface area contributed by atoms with Gasteiger partial charge in [-0.2, -0.15) is 10.2 Å². The summed E-state index contributed by atoms with van der Waals surface area (Å²) in [5.74, 6) is 1.58. The number of nitrogens with two attached hydrogens (primary N) is 1. The third-order valence-electron chi connectivity index (χ3n) is 6.89. The molecule has 10 heteroatoms. The highest BCUT2D eigenvalue weighted by Gasteiger charge is 2.28. The minimum absolute atomic E-state index is 0.00210. The van der Waals surface area contributed by atoms with Crippen molar-refractivity contribution in [3.63, 3.8) is 0 Å². The predicted octanol–water partition coefficient (Wildman–Crippen LogP) is 3.88. The van der Waals surface area contributed by atoms with Crippen molar-refractivity contribution in [2.45, 2.75) is 37.8 Å². The van der Waals surface area contributed by atoms with Crippen LogP contribution in [0.5, 0.6) is 11.5 Å². The molecule has 39 heavy (non-hydrogen) atoms. The zero-order chi connectivity index (χ0) is 27.4. The van der Waals surface area contributed by atoms with E-state index in [2.05, 4.69) is 15.5 Å². The number of para-hydroxylation sites is 1. The molecule has 0 unspecified atom stereocenters. The van der Waals surface area contributed by atoms with E-state index in [1.807, 2.05) is 79.7 Å². The van der Waals surface area contributed by atoms with Gasteiger partial charge in [-0.1, -0.05) is 24.3 Å². The van der Waals surface area contributed by atoms with Crippen molar-refractivity contribution >= 4 is 22.6 Å². The first-order valence-corrected chi connectivity index (χ1v) is 13.1. The fraction of sp³-hybridized carbons (Fsp3) is 0.310. The lowest BCUT2D eigenvalue weighted by molar-refractivity contribution is -0.117. The van der Waals surface area contributed by atoms with E-state index in [1.165, 1.54) is 0 Å². The van der Waals surface area contributed by atoms with Crippen LogP contribution in [0, 0.1) is 0 Å². The number of amides is 1. The standard InChI is InChI=1S/C29H33N7O3/c1-35(2)18-6-9-24(37)31-20-12-14-21(15-13-20)36-27-25(28(30)32-33-29(27)38)26(34-36)19-10-16-23(17-11-19)39-22-7-4-3-5-8-22/h3-11,16-17,20-21H,12-15,18H2,1-2H3,(H2,30,32)(H,31,37)(H,33,38)/b9-6+. The molecule has 0 saturated heterocycles. The zero-order valence-corrected chi connectivity index (χ0v) is 22.1. The first-order valence-electron chi connectivity index (χ1n) is 13.1. The molecule has 202 valence electrons. The lowest BCUT2D eigenvalue weighted by Gasteiger charge is -2.29. The number of aromatic amines is 1. The fourth-order valence-electron chi connectivity index (χ4n) is 4.97. The molecule has 10 nitrogen and oxygen atoms in total. The monoisotopic (exact) mass is 527 g/mol. The zero-order valence-electron chi connectivity index (χ0n) is 22.1. The largest absolute Gasteiger partial charge is 0.457 e. The Morgan fingerprint density at radius 2 is 1.79 bits per heavy atom. The summed E-state index contributed by atoms with van der Waals surface area (Å²) in [5.41, 5.74) is 7.76. The van der Waals surface area contributed by atoms with Crippen molar-refractivity contribution < 1.29 is 9.53 Å². The second-order valence-electron chi connectivity index (χ2n) is 10.1. The molecule has 1 aliphatic rings. The van der Waals surface area contributed by atoms with E-state index in [0.29, 0.717) is 28.9 Å². The molecular weight excluding hydrogens is 494 g/mol. The second kappa shape index (κ2) is 11.5. The number of hydrogen-bond acceptors (Lipinski definition) is 7. The van der Waals surface area contributed by atoms with Gasteiger partial charge in [0.15, 0.2) is 5.82 Å². The highest BCUT2D eigenvalue weighted by atomic mass is 16.5. The number of nitrogens with zero attached hydrogens (tertiary/aromatic N) is 4. The highest BCUT2D eigenvalue weighted by Crippen LogP contribution is 2.36. The number of benzene rings is 2. The molecule has 5 rings (SSSR count). The lowest BCUT2D eigenvalue weighted by atomic mass is 9.91. The van der Waals surface area contributed by atoms with Crippen molar-refractivity contribution in [1.29, 1.82) is 0 Å². The van der Waals surface area contributed by atoms with Gasteiger partial charge in [0.1, 0.15) is 22.7 Å². The third-order valence-corrected chi connectivity index (χ3v) is 6.89. The van der Waals surface area contributed by atoms with Crippen LogP contribution in [0.4, 0.5) is 5.82 Å². The molecule has 0 bridgehead atoms. The van der Waals surface area contributed by atoms with Gasteiger partial charge in [-0.05, 0) is 76.2 Å². The van der Waals surface area contributed by atoms with Crippen LogP contribution in [0.15, 0.2) is 71.5 Å². The molecule has 0 atom stereocenters.